The Morgan fingerprint density at radius 2 is 2.05 bits per heavy atom. The minimum Gasteiger partial charge on any atom is -0.350 e. The molecule has 0 bridgehead atoms. The Labute approximate surface area is 125 Å². The van der Waals surface area contributed by atoms with E-state index in [4.69, 9.17) is 5.73 Å². The van der Waals surface area contributed by atoms with Crippen molar-refractivity contribution in [2.45, 2.75) is 32.4 Å². The van der Waals surface area contributed by atoms with Crippen molar-refractivity contribution in [2.75, 3.05) is 13.1 Å². The Balaban J connectivity index is 1.95. The number of carbonyl (C=O) groups is 2. The summed E-state index contributed by atoms with van der Waals surface area (Å²) in [6.07, 6.45) is 0.277. The molecule has 5 nitrogen and oxygen atoms in total. The molecule has 1 saturated heterocycles. The van der Waals surface area contributed by atoms with Gasteiger partial charge in [-0.1, -0.05) is 30.3 Å². The van der Waals surface area contributed by atoms with Gasteiger partial charge in [0.2, 0.25) is 11.8 Å². The molecule has 1 aliphatic rings. The highest BCUT2D eigenvalue weighted by atomic mass is 16.2. The second-order valence-electron chi connectivity index (χ2n) is 6.24. The molecular formula is C16H23N3O2. The zero-order valence-corrected chi connectivity index (χ0v) is 12.6. The summed E-state index contributed by atoms with van der Waals surface area (Å²) in [7, 11) is 0. The molecule has 114 valence electrons. The number of amides is 2. The highest BCUT2D eigenvalue weighted by Gasteiger charge is 2.35. The number of nitrogens with one attached hydrogen (secondary N) is 1. The summed E-state index contributed by atoms with van der Waals surface area (Å²) in [5.41, 5.74) is 6.26. The van der Waals surface area contributed by atoms with E-state index in [9.17, 15) is 9.59 Å². The molecule has 2 amide bonds. The molecule has 1 aliphatic heterocycles. The molecule has 1 aromatic carbocycles. The average molecular weight is 289 g/mol. The van der Waals surface area contributed by atoms with Gasteiger partial charge in [-0.15, -0.1) is 0 Å². The maximum Gasteiger partial charge on any atom is 0.225 e. The van der Waals surface area contributed by atoms with Gasteiger partial charge < -0.3 is 16.0 Å². The molecule has 21 heavy (non-hydrogen) atoms. The van der Waals surface area contributed by atoms with Gasteiger partial charge in [0.1, 0.15) is 0 Å². The summed E-state index contributed by atoms with van der Waals surface area (Å²) >= 11 is 0. The van der Waals surface area contributed by atoms with Crippen LogP contribution in [0.4, 0.5) is 0 Å². The molecule has 0 aliphatic carbocycles. The number of nitrogens with two attached hydrogens (primary N) is 1. The SMILES string of the molecule is CC(C)(CN)NC(=O)C1CC(=O)N(Cc2ccccc2)C1. The molecule has 1 aromatic rings. The lowest BCUT2D eigenvalue weighted by Crippen LogP contribution is -2.51. The third-order valence-corrected chi connectivity index (χ3v) is 3.77. The monoisotopic (exact) mass is 289 g/mol. The summed E-state index contributed by atoms with van der Waals surface area (Å²) in [5.74, 6) is -0.342. The van der Waals surface area contributed by atoms with E-state index >= 15 is 0 Å². The number of rotatable bonds is 5. The first-order valence-corrected chi connectivity index (χ1v) is 7.25. The Morgan fingerprint density at radius 1 is 1.38 bits per heavy atom. The van der Waals surface area contributed by atoms with E-state index in [1.54, 1.807) is 4.90 Å². The van der Waals surface area contributed by atoms with Gasteiger partial charge in [0, 0.05) is 31.6 Å². The summed E-state index contributed by atoms with van der Waals surface area (Å²) in [4.78, 5) is 26.0. The molecule has 0 radical (unpaired) electrons. The molecule has 0 aromatic heterocycles. The van der Waals surface area contributed by atoms with Gasteiger partial charge >= 0.3 is 0 Å². The Bertz CT molecular complexity index is 514. The van der Waals surface area contributed by atoms with Gasteiger partial charge in [0.15, 0.2) is 0 Å². The van der Waals surface area contributed by atoms with Crippen LogP contribution in [0, 0.1) is 5.92 Å². The highest BCUT2D eigenvalue weighted by Crippen LogP contribution is 2.21. The van der Waals surface area contributed by atoms with Crippen molar-refractivity contribution in [3.8, 4) is 0 Å². The molecular weight excluding hydrogens is 266 g/mol. The first-order valence-electron chi connectivity index (χ1n) is 7.25. The number of hydrogen-bond donors (Lipinski definition) is 2. The molecule has 5 heteroatoms. The fraction of sp³-hybridized carbons (Fsp3) is 0.500. The van der Waals surface area contributed by atoms with Crippen LogP contribution in [-0.4, -0.2) is 35.3 Å². The smallest absolute Gasteiger partial charge is 0.225 e. The van der Waals surface area contributed by atoms with E-state index in [1.807, 2.05) is 44.2 Å². The van der Waals surface area contributed by atoms with Crippen LogP contribution in [0.1, 0.15) is 25.8 Å². The molecule has 1 unspecified atom stereocenters. The molecule has 1 heterocycles. The van der Waals surface area contributed by atoms with Crippen LogP contribution >= 0.6 is 0 Å². The number of hydrogen-bond acceptors (Lipinski definition) is 3. The van der Waals surface area contributed by atoms with Crippen LogP contribution in [0.15, 0.2) is 30.3 Å². The van der Waals surface area contributed by atoms with Crippen molar-refractivity contribution in [2.24, 2.45) is 11.7 Å². The topological polar surface area (TPSA) is 75.4 Å². The first kappa shape index (κ1) is 15.5. The van der Waals surface area contributed by atoms with Crippen molar-refractivity contribution in [1.29, 1.82) is 0 Å². The number of likely N-dealkylation sites (tertiary alicyclic amines) is 1. The quantitative estimate of drug-likeness (QED) is 0.845. The second-order valence-corrected chi connectivity index (χ2v) is 6.24. The van der Waals surface area contributed by atoms with Crippen LogP contribution in [0.5, 0.6) is 0 Å². The van der Waals surface area contributed by atoms with Gasteiger partial charge in [-0.3, -0.25) is 9.59 Å². The highest BCUT2D eigenvalue weighted by molar-refractivity contribution is 5.89. The van der Waals surface area contributed by atoms with E-state index in [-0.39, 0.29) is 24.2 Å². The largest absolute Gasteiger partial charge is 0.350 e. The van der Waals surface area contributed by atoms with Crippen molar-refractivity contribution in [3.05, 3.63) is 35.9 Å². The fourth-order valence-corrected chi connectivity index (χ4v) is 2.39. The standard InChI is InChI=1S/C16H23N3O2/c1-16(2,11-17)18-15(21)13-8-14(20)19(10-13)9-12-6-4-3-5-7-12/h3-7,13H,8-11,17H2,1-2H3,(H,18,21). The molecule has 0 saturated carbocycles. The summed E-state index contributed by atoms with van der Waals surface area (Å²) in [6.45, 7) is 5.16. The third-order valence-electron chi connectivity index (χ3n) is 3.77. The van der Waals surface area contributed by atoms with Crippen LogP contribution in [0.2, 0.25) is 0 Å². The first-order chi connectivity index (χ1) is 9.91. The Morgan fingerprint density at radius 3 is 2.67 bits per heavy atom. The average Bonchev–Trinajstić information content (AvgIpc) is 2.81. The van der Waals surface area contributed by atoms with Gasteiger partial charge in [0.25, 0.3) is 0 Å². The zero-order valence-electron chi connectivity index (χ0n) is 12.6. The van der Waals surface area contributed by atoms with Gasteiger partial charge in [-0.05, 0) is 19.4 Å². The lowest BCUT2D eigenvalue weighted by Gasteiger charge is -2.26. The Hall–Kier alpha value is -1.88. The van der Waals surface area contributed by atoms with E-state index in [0.717, 1.165) is 5.56 Å². The second kappa shape index (κ2) is 6.26. The zero-order chi connectivity index (χ0) is 15.5. The van der Waals surface area contributed by atoms with Crippen LogP contribution in [0.3, 0.4) is 0 Å². The molecule has 1 fully saturated rings. The lowest BCUT2D eigenvalue weighted by atomic mass is 10.0. The van der Waals surface area contributed by atoms with Crippen LogP contribution in [-0.2, 0) is 16.1 Å². The normalized spacial score (nSPS) is 18.9. The van der Waals surface area contributed by atoms with Crippen molar-refractivity contribution >= 4 is 11.8 Å². The van der Waals surface area contributed by atoms with Crippen LogP contribution < -0.4 is 11.1 Å². The molecule has 3 N–H and O–H groups in total. The fourth-order valence-electron chi connectivity index (χ4n) is 2.39. The number of benzene rings is 1. The van der Waals surface area contributed by atoms with E-state index in [0.29, 0.717) is 19.6 Å². The summed E-state index contributed by atoms with van der Waals surface area (Å²) in [5, 5.41) is 2.91. The summed E-state index contributed by atoms with van der Waals surface area (Å²) < 4.78 is 0. The van der Waals surface area contributed by atoms with Crippen molar-refractivity contribution < 1.29 is 9.59 Å². The van der Waals surface area contributed by atoms with Crippen molar-refractivity contribution in [1.82, 2.24) is 10.2 Å². The van der Waals surface area contributed by atoms with Gasteiger partial charge in [0.05, 0.1) is 5.92 Å². The predicted octanol–water partition coefficient (Wildman–Crippen LogP) is 0.889. The minimum absolute atomic E-state index is 0.0320. The lowest BCUT2D eigenvalue weighted by molar-refractivity contribution is -0.129. The number of nitrogens with zero attached hydrogens (tertiary/aromatic N) is 1. The molecule has 2 rings (SSSR count). The van der Waals surface area contributed by atoms with Crippen LogP contribution in [0.25, 0.3) is 0 Å². The number of carbonyl (C=O) groups excluding carboxylic acids is 2. The summed E-state index contributed by atoms with van der Waals surface area (Å²) in [6, 6.07) is 9.81. The molecule has 0 spiro atoms. The maximum atomic E-state index is 12.2. The Kier molecular flexibility index (Phi) is 4.63. The van der Waals surface area contributed by atoms with Gasteiger partial charge in [-0.25, -0.2) is 0 Å². The molecule has 1 atom stereocenters. The van der Waals surface area contributed by atoms with E-state index in [1.165, 1.54) is 0 Å². The van der Waals surface area contributed by atoms with E-state index in [2.05, 4.69) is 5.32 Å². The minimum atomic E-state index is -0.438. The van der Waals surface area contributed by atoms with Gasteiger partial charge in [-0.2, -0.15) is 0 Å². The van der Waals surface area contributed by atoms with E-state index < -0.39 is 5.54 Å². The third kappa shape index (κ3) is 4.04. The predicted molar refractivity (Wildman–Crippen MR) is 81.2 cm³/mol. The van der Waals surface area contributed by atoms with Crippen molar-refractivity contribution in [3.63, 3.8) is 0 Å². The maximum absolute atomic E-state index is 12.2.